The number of anilines is 2. The van der Waals surface area contributed by atoms with E-state index in [4.69, 9.17) is 10.9 Å². The van der Waals surface area contributed by atoms with Gasteiger partial charge in [-0.2, -0.15) is 11.8 Å². The van der Waals surface area contributed by atoms with E-state index in [0.717, 1.165) is 23.7 Å². The highest BCUT2D eigenvalue weighted by Gasteiger charge is 2.11. The number of nitrogen functional groups attached to an aromatic ring is 1. The Morgan fingerprint density at radius 2 is 2.17 bits per heavy atom. The first kappa shape index (κ1) is 14.9. The highest BCUT2D eigenvalue weighted by molar-refractivity contribution is 7.99. The summed E-state index contributed by atoms with van der Waals surface area (Å²) in [5.74, 6) is 1.84. The number of hydrogen-bond donors (Lipinski definition) is 3. The Labute approximate surface area is 112 Å². The van der Waals surface area contributed by atoms with Crippen LogP contribution in [0, 0.1) is 0 Å². The van der Waals surface area contributed by atoms with Gasteiger partial charge >= 0.3 is 0 Å². The summed E-state index contributed by atoms with van der Waals surface area (Å²) >= 11 is 1.76. The fourth-order valence-electron chi connectivity index (χ4n) is 1.35. The van der Waals surface area contributed by atoms with E-state index in [1.165, 1.54) is 6.07 Å². The van der Waals surface area contributed by atoms with Crippen LogP contribution >= 0.6 is 11.8 Å². The minimum absolute atomic E-state index is 0.0471. The van der Waals surface area contributed by atoms with Gasteiger partial charge in [-0.05, 0) is 18.2 Å². The Kier molecular flexibility index (Phi) is 5.52. The molecule has 18 heavy (non-hydrogen) atoms. The molecule has 0 spiro atoms. The van der Waals surface area contributed by atoms with E-state index < -0.39 is 10.0 Å². The van der Waals surface area contributed by atoms with Crippen molar-refractivity contribution in [2.45, 2.75) is 4.90 Å². The molecule has 0 amide bonds. The van der Waals surface area contributed by atoms with Gasteiger partial charge < -0.3 is 11.1 Å². The summed E-state index contributed by atoms with van der Waals surface area (Å²) in [5, 5.41) is 8.17. The lowest BCUT2D eigenvalue weighted by Gasteiger charge is -2.09. The molecule has 7 heteroatoms. The molecular formula is C11H17N3O2S2. The molecule has 0 heterocycles. The van der Waals surface area contributed by atoms with Crippen molar-refractivity contribution in [1.29, 1.82) is 0 Å². The van der Waals surface area contributed by atoms with Crippen LogP contribution in [0.3, 0.4) is 0 Å². The zero-order valence-electron chi connectivity index (χ0n) is 9.93. The summed E-state index contributed by atoms with van der Waals surface area (Å²) in [5.41, 5.74) is 6.57. The van der Waals surface area contributed by atoms with Gasteiger partial charge in [-0.25, -0.2) is 13.6 Å². The van der Waals surface area contributed by atoms with Crippen molar-refractivity contribution in [2.75, 3.05) is 29.1 Å². The Bertz CT molecular complexity index is 515. The predicted molar refractivity (Wildman–Crippen MR) is 78.2 cm³/mol. The zero-order chi connectivity index (χ0) is 13.6. The van der Waals surface area contributed by atoms with Crippen molar-refractivity contribution >= 4 is 33.2 Å². The standard InChI is InChI=1S/C11H17N3O2S2/c1-2-6-17-7-5-14-9-3-4-11(10(12)8-9)18(13,15)16/h2-4,8,14H,1,5-7,12H2,(H2,13,15,16). The molecule has 0 radical (unpaired) electrons. The number of rotatable bonds is 7. The Hall–Kier alpha value is -1.18. The minimum Gasteiger partial charge on any atom is -0.398 e. The van der Waals surface area contributed by atoms with Crippen LogP contribution in [-0.4, -0.2) is 26.5 Å². The van der Waals surface area contributed by atoms with Crippen LogP contribution in [0.1, 0.15) is 0 Å². The van der Waals surface area contributed by atoms with Gasteiger partial charge in [0.1, 0.15) is 4.90 Å². The molecule has 0 saturated carbocycles. The lowest BCUT2D eigenvalue weighted by Crippen LogP contribution is -2.14. The molecule has 0 unspecified atom stereocenters. The van der Waals surface area contributed by atoms with Gasteiger partial charge in [-0.1, -0.05) is 6.08 Å². The van der Waals surface area contributed by atoms with E-state index >= 15 is 0 Å². The van der Waals surface area contributed by atoms with Crippen LogP contribution in [0.2, 0.25) is 0 Å². The largest absolute Gasteiger partial charge is 0.398 e. The molecule has 0 bridgehead atoms. The maximum atomic E-state index is 11.2. The zero-order valence-corrected chi connectivity index (χ0v) is 11.6. The van der Waals surface area contributed by atoms with E-state index in [1.807, 2.05) is 6.08 Å². The van der Waals surface area contributed by atoms with E-state index in [9.17, 15) is 8.42 Å². The lowest BCUT2D eigenvalue weighted by molar-refractivity contribution is 0.598. The van der Waals surface area contributed by atoms with Gasteiger partial charge in [0.15, 0.2) is 0 Å². The van der Waals surface area contributed by atoms with E-state index in [2.05, 4.69) is 11.9 Å². The molecular weight excluding hydrogens is 270 g/mol. The van der Waals surface area contributed by atoms with Crippen LogP contribution in [0.15, 0.2) is 35.7 Å². The summed E-state index contributed by atoms with van der Waals surface area (Å²) in [4.78, 5) is -0.0471. The third-order valence-electron chi connectivity index (χ3n) is 2.13. The Morgan fingerprint density at radius 3 is 2.72 bits per heavy atom. The second-order valence-electron chi connectivity index (χ2n) is 3.59. The first-order valence-electron chi connectivity index (χ1n) is 5.30. The highest BCUT2D eigenvalue weighted by atomic mass is 32.2. The Morgan fingerprint density at radius 1 is 1.44 bits per heavy atom. The van der Waals surface area contributed by atoms with Crippen molar-refractivity contribution in [3.05, 3.63) is 30.9 Å². The monoisotopic (exact) mass is 287 g/mol. The second kappa shape index (κ2) is 6.67. The molecule has 100 valence electrons. The van der Waals surface area contributed by atoms with Gasteiger partial charge in [0.25, 0.3) is 0 Å². The maximum Gasteiger partial charge on any atom is 0.240 e. The molecule has 0 aromatic heterocycles. The van der Waals surface area contributed by atoms with Gasteiger partial charge in [0.05, 0.1) is 5.69 Å². The normalized spacial score (nSPS) is 11.2. The van der Waals surface area contributed by atoms with Gasteiger partial charge in [0.2, 0.25) is 10.0 Å². The number of thioether (sulfide) groups is 1. The number of primary sulfonamides is 1. The van der Waals surface area contributed by atoms with E-state index in [0.29, 0.717) is 0 Å². The smallest absolute Gasteiger partial charge is 0.240 e. The topological polar surface area (TPSA) is 98.2 Å². The molecule has 1 aromatic rings. The van der Waals surface area contributed by atoms with Gasteiger partial charge in [0, 0.05) is 23.7 Å². The van der Waals surface area contributed by atoms with Gasteiger partial charge in [-0.15, -0.1) is 6.58 Å². The molecule has 1 rings (SSSR count). The highest BCUT2D eigenvalue weighted by Crippen LogP contribution is 2.21. The molecule has 0 atom stereocenters. The average Bonchev–Trinajstić information content (AvgIpc) is 2.27. The quantitative estimate of drug-likeness (QED) is 0.398. The number of nitrogens with one attached hydrogen (secondary N) is 1. The fourth-order valence-corrected chi connectivity index (χ4v) is 2.58. The first-order chi connectivity index (χ1) is 8.45. The summed E-state index contributed by atoms with van der Waals surface area (Å²) in [7, 11) is -3.75. The third kappa shape index (κ3) is 4.59. The average molecular weight is 287 g/mol. The molecule has 0 fully saturated rings. The summed E-state index contributed by atoms with van der Waals surface area (Å²) < 4.78 is 22.3. The van der Waals surface area contributed by atoms with Crippen LogP contribution < -0.4 is 16.2 Å². The van der Waals surface area contributed by atoms with Crippen molar-refractivity contribution < 1.29 is 8.42 Å². The SMILES string of the molecule is C=CCSCCNc1ccc(S(N)(=O)=O)c(N)c1. The maximum absolute atomic E-state index is 11.2. The molecule has 5 nitrogen and oxygen atoms in total. The van der Waals surface area contributed by atoms with Crippen molar-refractivity contribution in [3.63, 3.8) is 0 Å². The Balaban J connectivity index is 2.60. The molecule has 0 saturated heterocycles. The lowest BCUT2D eigenvalue weighted by atomic mass is 10.3. The molecule has 0 aliphatic heterocycles. The van der Waals surface area contributed by atoms with Crippen LogP contribution in [0.25, 0.3) is 0 Å². The number of sulfonamides is 1. The van der Waals surface area contributed by atoms with Crippen LogP contribution in [0.4, 0.5) is 11.4 Å². The van der Waals surface area contributed by atoms with E-state index in [-0.39, 0.29) is 10.6 Å². The van der Waals surface area contributed by atoms with Crippen molar-refractivity contribution in [1.82, 2.24) is 0 Å². The number of nitrogens with two attached hydrogens (primary N) is 2. The summed E-state index contributed by atoms with van der Waals surface area (Å²) in [6.45, 7) is 4.40. The van der Waals surface area contributed by atoms with E-state index in [1.54, 1.807) is 23.9 Å². The molecule has 5 N–H and O–H groups in total. The number of hydrogen-bond acceptors (Lipinski definition) is 5. The predicted octanol–water partition coefficient (Wildman–Crippen LogP) is 1.25. The summed E-state index contributed by atoms with van der Waals surface area (Å²) in [6, 6.07) is 4.62. The second-order valence-corrected chi connectivity index (χ2v) is 6.27. The first-order valence-corrected chi connectivity index (χ1v) is 8.00. The third-order valence-corrected chi connectivity index (χ3v) is 4.08. The molecule has 0 aliphatic rings. The van der Waals surface area contributed by atoms with Crippen LogP contribution in [-0.2, 0) is 10.0 Å². The minimum atomic E-state index is -3.75. The van der Waals surface area contributed by atoms with Crippen molar-refractivity contribution in [3.8, 4) is 0 Å². The molecule has 1 aromatic carbocycles. The number of benzene rings is 1. The van der Waals surface area contributed by atoms with Crippen molar-refractivity contribution in [2.24, 2.45) is 5.14 Å². The van der Waals surface area contributed by atoms with Crippen LogP contribution in [0.5, 0.6) is 0 Å². The fraction of sp³-hybridized carbons (Fsp3) is 0.273. The summed E-state index contributed by atoms with van der Waals surface area (Å²) in [6.07, 6.45) is 1.85. The van der Waals surface area contributed by atoms with Gasteiger partial charge in [-0.3, -0.25) is 0 Å². The molecule has 0 aliphatic carbocycles.